The molecule has 2 aromatic rings. The molecule has 2 aliphatic rings. The van der Waals surface area contributed by atoms with E-state index in [0.717, 1.165) is 55.8 Å². The van der Waals surface area contributed by atoms with Gasteiger partial charge in [0.1, 0.15) is 5.01 Å². The molecule has 5 nitrogen and oxygen atoms in total. The standard InChI is InChI=1S/C18H23N3O2S/c22-18(19-12-13-6-5-11-23-13)21-10-4-3-8-15(21)17-20-14-7-1-2-9-16(14)24-17/h1-2,7,9,13,15H,3-6,8,10-12H2,(H,19,22)/t13-,15+/m1/s1. The number of aromatic nitrogens is 1. The van der Waals surface area contributed by atoms with Crippen LogP contribution in [0, 0.1) is 0 Å². The van der Waals surface area contributed by atoms with Gasteiger partial charge in [0.15, 0.2) is 0 Å². The maximum absolute atomic E-state index is 12.7. The Balaban J connectivity index is 1.48. The van der Waals surface area contributed by atoms with Gasteiger partial charge in [-0.2, -0.15) is 0 Å². The van der Waals surface area contributed by atoms with Gasteiger partial charge in [0, 0.05) is 19.7 Å². The predicted molar refractivity (Wildman–Crippen MR) is 95.3 cm³/mol. The van der Waals surface area contributed by atoms with Crippen molar-refractivity contribution >= 4 is 27.6 Å². The number of fused-ring (bicyclic) bond motifs is 1. The summed E-state index contributed by atoms with van der Waals surface area (Å²) in [6.07, 6.45) is 5.53. The van der Waals surface area contributed by atoms with Crippen molar-refractivity contribution in [3.8, 4) is 0 Å². The minimum atomic E-state index is 0.0226. The predicted octanol–water partition coefficient (Wildman–Crippen LogP) is 3.71. The summed E-state index contributed by atoms with van der Waals surface area (Å²) < 4.78 is 6.79. The number of carbonyl (C=O) groups excluding carboxylic acids is 1. The molecular weight excluding hydrogens is 322 g/mol. The lowest BCUT2D eigenvalue weighted by molar-refractivity contribution is 0.104. The van der Waals surface area contributed by atoms with Gasteiger partial charge in [0.2, 0.25) is 0 Å². The Morgan fingerprint density at radius 1 is 1.29 bits per heavy atom. The molecule has 3 heterocycles. The van der Waals surface area contributed by atoms with Crippen LogP contribution in [0.25, 0.3) is 10.2 Å². The summed E-state index contributed by atoms with van der Waals surface area (Å²) in [7, 11) is 0. The van der Waals surface area contributed by atoms with Crippen LogP contribution in [0.5, 0.6) is 0 Å². The molecule has 0 unspecified atom stereocenters. The lowest BCUT2D eigenvalue weighted by atomic mass is 10.0. The number of ether oxygens (including phenoxy) is 1. The molecule has 0 spiro atoms. The lowest BCUT2D eigenvalue weighted by Crippen LogP contribution is -2.46. The average Bonchev–Trinajstić information content (AvgIpc) is 3.29. The van der Waals surface area contributed by atoms with E-state index in [1.165, 1.54) is 4.70 Å². The molecule has 0 bridgehead atoms. The van der Waals surface area contributed by atoms with Crippen LogP contribution in [0.2, 0.25) is 0 Å². The largest absolute Gasteiger partial charge is 0.376 e. The number of hydrogen-bond donors (Lipinski definition) is 1. The van der Waals surface area contributed by atoms with Crippen molar-refractivity contribution in [1.29, 1.82) is 0 Å². The molecule has 0 radical (unpaired) electrons. The highest BCUT2D eigenvalue weighted by molar-refractivity contribution is 7.18. The molecule has 2 aliphatic heterocycles. The van der Waals surface area contributed by atoms with E-state index in [-0.39, 0.29) is 18.2 Å². The Morgan fingerprint density at radius 3 is 3.04 bits per heavy atom. The summed E-state index contributed by atoms with van der Waals surface area (Å²) in [5.41, 5.74) is 1.03. The van der Waals surface area contributed by atoms with Crippen molar-refractivity contribution in [2.75, 3.05) is 19.7 Å². The molecule has 0 saturated carbocycles. The van der Waals surface area contributed by atoms with Crippen molar-refractivity contribution in [3.63, 3.8) is 0 Å². The lowest BCUT2D eigenvalue weighted by Gasteiger charge is -2.34. The van der Waals surface area contributed by atoms with Crippen molar-refractivity contribution in [2.24, 2.45) is 0 Å². The number of nitrogens with one attached hydrogen (secondary N) is 1. The molecule has 2 fully saturated rings. The molecule has 0 aliphatic carbocycles. The van der Waals surface area contributed by atoms with Crippen LogP contribution in [-0.4, -0.2) is 41.7 Å². The normalized spacial score (nSPS) is 24.4. The fourth-order valence-corrected chi connectivity index (χ4v) is 4.69. The monoisotopic (exact) mass is 345 g/mol. The van der Waals surface area contributed by atoms with Gasteiger partial charge in [-0.05, 0) is 44.2 Å². The summed E-state index contributed by atoms with van der Waals surface area (Å²) >= 11 is 1.71. The van der Waals surface area contributed by atoms with Crippen LogP contribution in [-0.2, 0) is 4.74 Å². The number of para-hydroxylation sites is 1. The molecule has 2 amide bonds. The zero-order valence-electron chi connectivity index (χ0n) is 13.7. The van der Waals surface area contributed by atoms with Gasteiger partial charge in [-0.1, -0.05) is 12.1 Å². The van der Waals surface area contributed by atoms with E-state index in [4.69, 9.17) is 9.72 Å². The van der Waals surface area contributed by atoms with Gasteiger partial charge in [-0.15, -0.1) is 11.3 Å². The van der Waals surface area contributed by atoms with Crippen LogP contribution >= 0.6 is 11.3 Å². The first-order valence-electron chi connectivity index (χ1n) is 8.83. The minimum Gasteiger partial charge on any atom is -0.376 e. The SMILES string of the molecule is O=C(NC[C@H]1CCCO1)N1CCCC[C@H]1c1nc2ccccc2s1. The van der Waals surface area contributed by atoms with Crippen molar-refractivity contribution < 1.29 is 9.53 Å². The number of amides is 2. The molecule has 4 rings (SSSR count). The molecule has 2 atom stereocenters. The zero-order chi connectivity index (χ0) is 16.4. The van der Waals surface area contributed by atoms with Crippen LogP contribution in [0.15, 0.2) is 24.3 Å². The Bertz CT molecular complexity index is 678. The number of urea groups is 1. The summed E-state index contributed by atoms with van der Waals surface area (Å²) in [6.45, 7) is 2.23. The van der Waals surface area contributed by atoms with Gasteiger partial charge in [-0.3, -0.25) is 0 Å². The first-order chi connectivity index (χ1) is 11.8. The quantitative estimate of drug-likeness (QED) is 0.922. The van der Waals surface area contributed by atoms with Crippen molar-refractivity contribution in [1.82, 2.24) is 15.2 Å². The highest BCUT2D eigenvalue weighted by atomic mass is 32.1. The van der Waals surface area contributed by atoms with Crippen LogP contribution in [0.4, 0.5) is 4.79 Å². The number of nitrogens with zero attached hydrogens (tertiary/aromatic N) is 2. The molecule has 128 valence electrons. The third-order valence-electron chi connectivity index (χ3n) is 4.86. The number of piperidine rings is 1. The minimum absolute atomic E-state index is 0.0226. The fourth-order valence-electron chi connectivity index (χ4n) is 3.57. The maximum atomic E-state index is 12.7. The number of likely N-dealkylation sites (tertiary alicyclic amines) is 1. The summed E-state index contributed by atoms with van der Waals surface area (Å²) in [6, 6.07) is 8.31. The van der Waals surface area contributed by atoms with Crippen molar-refractivity contribution in [2.45, 2.75) is 44.2 Å². The molecule has 24 heavy (non-hydrogen) atoms. The van der Waals surface area contributed by atoms with Gasteiger partial charge >= 0.3 is 6.03 Å². The number of thiazole rings is 1. The third-order valence-corrected chi connectivity index (χ3v) is 6.00. The van der Waals surface area contributed by atoms with Gasteiger partial charge in [0.05, 0.1) is 22.4 Å². The molecule has 6 heteroatoms. The van der Waals surface area contributed by atoms with E-state index < -0.39 is 0 Å². The van der Waals surface area contributed by atoms with Crippen LogP contribution in [0.1, 0.15) is 43.2 Å². The van der Waals surface area contributed by atoms with Gasteiger partial charge in [0.25, 0.3) is 0 Å². The smallest absolute Gasteiger partial charge is 0.318 e. The average molecular weight is 345 g/mol. The number of rotatable bonds is 3. The highest BCUT2D eigenvalue weighted by Crippen LogP contribution is 2.35. The van der Waals surface area contributed by atoms with Gasteiger partial charge in [-0.25, -0.2) is 9.78 Å². The first kappa shape index (κ1) is 15.8. The number of carbonyl (C=O) groups is 1. The number of hydrogen-bond acceptors (Lipinski definition) is 4. The van der Waals surface area contributed by atoms with E-state index in [1.807, 2.05) is 23.1 Å². The second-order valence-corrected chi connectivity index (χ2v) is 7.61. The van der Waals surface area contributed by atoms with Crippen LogP contribution in [0.3, 0.4) is 0 Å². The first-order valence-corrected chi connectivity index (χ1v) is 9.64. The van der Waals surface area contributed by atoms with Crippen LogP contribution < -0.4 is 5.32 Å². The fraction of sp³-hybridized carbons (Fsp3) is 0.556. The Morgan fingerprint density at radius 2 is 2.21 bits per heavy atom. The van der Waals surface area contributed by atoms with E-state index in [9.17, 15) is 4.79 Å². The van der Waals surface area contributed by atoms with E-state index >= 15 is 0 Å². The second-order valence-electron chi connectivity index (χ2n) is 6.55. The van der Waals surface area contributed by atoms with E-state index in [0.29, 0.717) is 6.54 Å². The van der Waals surface area contributed by atoms with Gasteiger partial charge < -0.3 is 15.0 Å². The topological polar surface area (TPSA) is 54.5 Å². The Labute approximate surface area is 146 Å². The van der Waals surface area contributed by atoms with Crippen molar-refractivity contribution in [3.05, 3.63) is 29.3 Å². The molecule has 1 aromatic heterocycles. The molecule has 1 aromatic carbocycles. The summed E-state index contributed by atoms with van der Waals surface area (Å²) in [5.74, 6) is 0. The van der Waals surface area contributed by atoms with E-state index in [1.54, 1.807) is 11.3 Å². The second kappa shape index (κ2) is 7.07. The molecule has 1 N–H and O–H groups in total. The van der Waals surface area contributed by atoms with E-state index in [2.05, 4.69) is 11.4 Å². The molecular formula is C18H23N3O2S. The summed E-state index contributed by atoms with van der Waals surface area (Å²) in [4.78, 5) is 19.4. The highest BCUT2D eigenvalue weighted by Gasteiger charge is 2.30. The summed E-state index contributed by atoms with van der Waals surface area (Å²) in [5, 5.41) is 4.13. The zero-order valence-corrected chi connectivity index (χ0v) is 14.6. The Kier molecular flexibility index (Phi) is 4.67. The number of benzene rings is 1. The third kappa shape index (κ3) is 3.26. The Hall–Kier alpha value is -1.66. The molecule has 2 saturated heterocycles. The maximum Gasteiger partial charge on any atom is 0.318 e.